The van der Waals surface area contributed by atoms with Crippen molar-refractivity contribution in [2.45, 2.75) is 44.5 Å². The second-order valence-electron chi connectivity index (χ2n) is 3.29. The standard InChI is InChI=1S/C8H12O3/c1-6-10-7(9)8(11-6)4-2-3-5-8/h6H,2-5H2,1H3. The first-order chi connectivity index (χ1) is 5.23. The van der Waals surface area contributed by atoms with E-state index in [2.05, 4.69) is 0 Å². The van der Waals surface area contributed by atoms with Crippen molar-refractivity contribution < 1.29 is 14.3 Å². The van der Waals surface area contributed by atoms with Crippen LogP contribution in [0.1, 0.15) is 32.6 Å². The van der Waals surface area contributed by atoms with Gasteiger partial charge in [-0.3, -0.25) is 0 Å². The smallest absolute Gasteiger partial charge is 0.340 e. The molecule has 1 aliphatic heterocycles. The molecule has 0 aromatic rings. The van der Waals surface area contributed by atoms with Crippen LogP contribution in [0, 0.1) is 0 Å². The molecule has 1 spiro atoms. The average Bonchev–Trinajstić information content (AvgIpc) is 2.45. The molecule has 11 heavy (non-hydrogen) atoms. The molecule has 1 atom stereocenters. The summed E-state index contributed by atoms with van der Waals surface area (Å²) in [6.07, 6.45) is 3.52. The van der Waals surface area contributed by atoms with Gasteiger partial charge in [0.05, 0.1) is 0 Å². The molecule has 0 bridgehead atoms. The van der Waals surface area contributed by atoms with E-state index < -0.39 is 5.60 Å². The van der Waals surface area contributed by atoms with Crippen LogP contribution in [0.5, 0.6) is 0 Å². The van der Waals surface area contributed by atoms with Crippen molar-refractivity contribution in [3.8, 4) is 0 Å². The predicted molar refractivity (Wildman–Crippen MR) is 37.8 cm³/mol. The fourth-order valence-electron chi connectivity index (χ4n) is 1.92. The Labute approximate surface area is 65.7 Å². The van der Waals surface area contributed by atoms with E-state index in [9.17, 15) is 4.79 Å². The van der Waals surface area contributed by atoms with Crippen LogP contribution >= 0.6 is 0 Å². The largest absolute Gasteiger partial charge is 0.434 e. The summed E-state index contributed by atoms with van der Waals surface area (Å²) in [5, 5.41) is 0. The normalized spacial score (nSPS) is 34.6. The zero-order valence-corrected chi connectivity index (χ0v) is 6.63. The van der Waals surface area contributed by atoms with E-state index in [0.717, 1.165) is 25.7 Å². The lowest BCUT2D eigenvalue weighted by molar-refractivity contribution is -0.144. The van der Waals surface area contributed by atoms with Crippen LogP contribution in [-0.4, -0.2) is 17.9 Å². The van der Waals surface area contributed by atoms with Crippen molar-refractivity contribution in [2.75, 3.05) is 0 Å². The van der Waals surface area contributed by atoms with Gasteiger partial charge in [0, 0.05) is 0 Å². The highest BCUT2D eigenvalue weighted by Crippen LogP contribution is 2.39. The van der Waals surface area contributed by atoms with Gasteiger partial charge >= 0.3 is 5.97 Å². The van der Waals surface area contributed by atoms with Gasteiger partial charge < -0.3 is 9.47 Å². The van der Waals surface area contributed by atoms with Gasteiger partial charge in [-0.25, -0.2) is 4.79 Å². The van der Waals surface area contributed by atoms with Crippen LogP contribution in [-0.2, 0) is 14.3 Å². The minimum atomic E-state index is -0.542. The summed E-state index contributed by atoms with van der Waals surface area (Å²) in [5.41, 5.74) is -0.542. The minimum absolute atomic E-state index is 0.150. The summed E-state index contributed by atoms with van der Waals surface area (Å²) in [7, 11) is 0. The number of ether oxygens (including phenoxy) is 2. The van der Waals surface area contributed by atoms with E-state index in [1.54, 1.807) is 6.92 Å². The minimum Gasteiger partial charge on any atom is -0.434 e. The second-order valence-corrected chi connectivity index (χ2v) is 3.29. The van der Waals surface area contributed by atoms with Crippen LogP contribution in [0.15, 0.2) is 0 Å². The van der Waals surface area contributed by atoms with Crippen LogP contribution in [0.25, 0.3) is 0 Å². The van der Waals surface area contributed by atoms with Gasteiger partial charge in [-0.05, 0) is 32.6 Å². The molecule has 3 nitrogen and oxygen atoms in total. The molecule has 0 radical (unpaired) electrons. The molecule has 0 aromatic carbocycles. The SMILES string of the molecule is CC1OC(=O)C2(CCCC2)O1. The van der Waals surface area contributed by atoms with Gasteiger partial charge in [0.15, 0.2) is 5.60 Å². The summed E-state index contributed by atoms with van der Waals surface area (Å²) in [5.74, 6) is -0.150. The molecule has 1 heterocycles. The van der Waals surface area contributed by atoms with E-state index in [4.69, 9.17) is 9.47 Å². The fourth-order valence-corrected chi connectivity index (χ4v) is 1.92. The van der Waals surface area contributed by atoms with E-state index in [1.807, 2.05) is 0 Å². The van der Waals surface area contributed by atoms with Gasteiger partial charge in [-0.15, -0.1) is 0 Å². The topological polar surface area (TPSA) is 35.5 Å². The van der Waals surface area contributed by atoms with Gasteiger partial charge in [-0.1, -0.05) is 0 Å². The molecule has 0 N–H and O–H groups in total. The van der Waals surface area contributed by atoms with Gasteiger partial charge in [0.1, 0.15) is 0 Å². The van der Waals surface area contributed by atoms with Gasteiger partial charge in [-0.2, -0.15) is 0 Å². The van der Waals surface area contributed by atoms with Crippen LogP contribution < -0.4 is 0 Å². The molecule has 0 amide bonds. The molecule has 62 valence electrons. The molecule has 2 fully saturated rings. The second kappa shape index (κ2) is 2.21. The highest BCUT2D eigenvalue weighted by atomic mass is 16.8. The number of rotatable bonds is 0. The molecule has 1 unspecified atom stereocenters. The summed E-state index contributed by atoms with van der Waals surface area (Å²) in [4.78, 5) is 11.3. The van der Waals surface area contributed by atoms with Crippen molar-refractivity contribution in [1.82, 2.24) is 0 Å². The molecule has 1 saturated heterocycles. The summed E-state index contributed by atoms with van der Waals surface area (Å²) in [6, 6.07) is 0. The lowest BCUT2D eigenvalue weighted by atomic mass is 10.0. The van der Waals surface area contributed by atoms with Crippen molar-refractivity contribution in [1.29, 1.82) is 0 Å². The third kappa shape index (κ3) is 0.948. The quantitative estimate of drug-likeness (QED) is 0.495. The maximum Gasteiger partial charge on any atom is 0.340 e. The zero-order chi connectivity index (χ0) is 7.90. The van der Waals surface area contributed by atoms with Crippen molar-refractivity contribution in [3.63, 3.8) is 0 Å². The molecule has 0 aromatic heterocycles. The van der Waals surface area contributed by atoms with E-state index >= 15 is 0 Å². The number of carbonyl (C=O) groups excluding carboxylic acids is 1. The molecule has 2 aliphatic rings. The highest BCUT2D eigenvalue weighted by Gasteiger charge is 2.50. The fraction of sp³-hybridized carbons (Fsp3) is 0.875. The molecular weight excluding hydrogens is 144 g/mol. The van der Waals surface area contributed by atoms with Gasteiger partial charge in [0.2, 0.25) is 6.29 Å². The van der Waals surface area contributed by atoms with Crippen molar-refractivity contribution in [2.24, 2.45) is 0 Å². The lowest BCUT2D eigenvalue weighted by Gasteiger charge is -2.15. The van der Waals surface area contributed by atoms with E-state index in [0.29, 0.717) is 0 Å². The van der Waals surface area contributed by atoms with Crippen molar-refractivity contribution >= 4 is 5.97 Å². The van der Waals surface area contributed by atoms with Crippen molar-refractivity contribution in [3.05, 3.63) is 0 Å². The molecular formula is C8H12O3. The third-order valence-electron chi connectivity index (χ3n) is 2.45. The first kappa shape index (κ1) is 7.10. The zero-order valence-electron chi connectivity index (χ0n) is 6.63. The maximum absolute atomic E-state index is 11.3. The Morgan fingerprint density at radius 2 is 2.09 bits per heavy atom. The monoisotopic (exact) mass is 156 g/mol. The molecule has 2 rings (SSSR count). The summed E-state index contributed by atoms with van der Waals surface area (Å²) < 4.78 is 10.4. The van der Waals surface area contributed by atoms with Gasteiger partial charge in [0.25, 0.3) is 0 Å². The van der Waals surface area contributed by atoms with Crippen LogP contribution in [0.3, 0.4) is 0 Å². The number of esters is 1. The van der Waals surface area contributed by atoms with Crippen LogP contribution in [0.2, 0.25) is 0 Å². The first-order valence-corrected chi connectivity index (χ1v) is 4.12. The average molecular weight is 156 g/mol. The van der Waals surface area contributed by atoms with Crippen LogP contribution in [0.4, 0.5) is 0 Å². The lowest BCUT2D eigenvalue weighted by Crippen LogP contribution is -2.32. The number of cyclic esters (lactones) is 1. The summed E-state index contributed by atoms with van der Waals surface area (Å²) >= 11 is 0. The number of hydrogen-bond acceptors (Lipinski definition) is 3. The Morgan fingerprint density at radius 1 is 1.45 bits per heavy atom. The predicted octanol–water partition coefficient (Wildman–Crippen LogP) is 1.22. The van der Waals surface area contributed by atoms with E-state index in [1.165, 1.54) is 0 Å². The Hall–Kier alpha value is -0.570. The third-order valence-corrected chi connectivity index (χ3v) is 2.45. The molecule has 3 heteroatoms. The molecule has 1 aliphatic carbocycles. The Morgan fingerprint density at radius 3 is 2.55 bits per heavy atom. The highest BCUT2D eigenvalue weighted by molar-refractivity contribution is 5.81. The maximum atomic E-state index is 11.3. The van der Waals surface area contributed by atoms with E-state index in [-0.39, 0.29) is 12.3 Å². The number of carbonyl (C=O) groups is 1. The Bertz CT molecular complexity index is 182. The first-order valence-electron chi connectivity index (χ1n) is 4.12. The number of hydrogen-bond donors (Lipinski definition) is 0. The molecule has 1 saturated carbocycles. The Balaban J connectivity index is 2.18. The summed E-state index contributed by atoms with van der Waals surface area (Å²) in [6.45, 7) is 1.77. The Kier molecular flexibility index (Phi) is 1.42.